The zero-order valence-electron chi connectivity index (χ0n) is 15.4. The third-order valence-electron chi connectivity index (χ3n) is 4.50. The van der Waals surface area contributed by atoms with Crippen LogP contribution in [0.3, 0.4) is 0 Å². The molecule has 1 saturated carbocycles. The van der Waals surface area contributed by atoms with Gasteiger partial charge in [-0.15, -0.1) is 34.2 Å². The van der Waals surface area contributed by atoms with E-state index in [1.807, 2.05) is 6.92 Å². The molecule has 7 nitrogen and oxygen atoms in total. The van der Waals surface area contributed by atoms with E-state index >= 15 is 0 Å². The van der Waals surface area contributed by atoms with Crippen LogP contribution in [0.2, 0.25) is 0 Å². The lowest BCUT2D eigenvalue weighted by Crippen LogP contribution is -2.47. The van der Waals surface area contributed by atoms with Crippen LogP contribution in [0.15, 0.2) is 11.3 Å². The number of hydrogen-bond acceptors (Lipinski definition) is 4. The molecule has 9 heteroatoms. The number of nitrogens with one attached hydrogen (secondary N) is 2. The van der Waals surface area contributed by atoms with Crippen molar-refractivity contribution in [1.29, 1.82) is 0 Å². The maximum atomic E-state index is 12.1. The number of aromatic nitrogens is 3. The fraction of sp³-hybridized carbons (Fsp3) is 0.812. The van der Waals surface area contributed by atoms with E-state index in [1.54, 1.807) is 13.4 Å². The molecule has 0 aromatic carbocycles. The lowest BCUT2D eigenvalue weighted by Gasteiger charge is -2.30. The van der Waals surface area contributed by atoms with E-state index in [4.69, 9.17) is 0 Å². The predicted octanol–water partition coefficient (Wildman–Crippen LogP) is 1.70. The van der Waals surface area contributed by atoms with Gasteiger partial charge >= 0.3 is 0 Å². The highest BCUT2D eigenvalue weighted by Crippen LogP contribution is 2.22. The Balaban J connectivity index is 0.00000312. The van der Waals surface area contributed by atoms with Crippen LogP contribution in [-0.4, -0.2) is 55.6 Å². The lowest BCUT2D eigenvalue weighted by atomic mass is 9.95. The Morgan fingerprint density at radius 2 is 2.24 bits per heavy atom. The van der Waals surface area contributed by atoms with E-state index in [9.17, 15) is 4.21 Å². The van der Waals surface area contributed by atoms with Crippen molar-refractivity contribution in [3.63, 3.8) is 0 Å². The topological polar surface area (TPSA) is 84.2 Å². The number of halogens is 1. The van der Waals surface area contributed by atoms with Crippen molar-refractivity contribution in [3.05, 3.63) is 12.2 Å². The molecule has 1 aliphatic carbocycles. The molecule has 0 spiro atoms. The van der Waals surface area contributed by atoms with Crippen LogP contribution in [0.1, 0.15) is 45.4 Å². The summed E-state index contributed by atoms with van der Waals surface area (Å²) in [6, 6.07) is 0.353. The molecule has 0 saturated heterocycles. The summed E-state index contributed by atoms with van der Waals surface area (Å²) in [5, 5.41) is 15.2. The van der Waals surface area contributed by atoms with Crippen LogP contribution in [0.25, 0.3) is 0 Å². The molecule has 2 rings (SSSR count). The number of aryl methyl sites for hydroxylation is 1. The van der Waals surface area contributed by atoms with Gasteiger partial charge in [0, 0.05) is 54.4 Å². The molecule has 3 unspecified atom stereocenters. The Labute approximate surface area is 170 Å². The minimum absolute atomic E-state index is 0. The highest BCUT2D eigenvalue weighted by atomic mass is 127. The Bertz CT molecular complexity index is 565. The van der Waals surface area contributed by atoms with Gasteiger partial charge in [0.1, 0.15) is 12.2 Å². The Hall–Kier alpha value is -0.710. The number of aliphatic imine (C=N–C) groups is 1. The maximum absolute atomic E-state index is 12.1. The summed E-state index contributed by atoms with van der Waals surface area (Å²) in [7, 11) is 1.09. The Morgan fingerprint density at radius 1 is 1.44 bits per heavy atom. The van der Waals surface area contributed by atoms with E-state index in [-0.39, 0.29) is 24.0 Å². The Kier molecular flexibility index (Phi) is 10.6. The van der Waals surface area contributed by atoms with E-state index in [1.165, 1.54) is 0 Å². The van der Waals surface area contributed by atoms with Crippen molar-refractivity contribution in [2.45, 2.75) is 63.8 Å². The lowest BCUT2D eigenvalue weighted by molar-refractivity contribution is 0.413. The van der Waals surface area contributed by atoms with Crippen LogP contribution in [-0.2, 0) is 23.8 Å². The van der Waals surface area contributed by atoms with E-state index in [2.05, 4.69) is 37.3 Å². The molecule has 0 amide bonds. The van der Waals surface area contributed by atoms with Gasteiger partial charge in [-0.25, -0.2) is 0 Å². The van der Waals surface area contributed by atoms with Gasteiger partial charge in [-0.2, -0.15) is 0 Å². The molecule has 144 valence electrons. The summed E-state index contributed by atoms with van der Waals surface area (Å²) in [4.78, 5) is 4.31. The van der Waals surface area contributed by atoms with Gasteiger partial charge in [0.2, 0.25) is 0 Å². The van der Waals surface area contributed by atoms with Gasteiger partial charge in [-0.1, -0.05) is 20.3 Å². The monoisotopic (exact) mass is 482 g/mol. The third kappa shape index (κ3) is 6.84. The zero-order valence-corrected chi connectivity index (χ0v) is 18.5. The fourth-order valence-corrected chi connectivity index (χ4v) is 4.52. The first kappa shape index (κ1) is 22.3. The average molecular weight is 482 g/mol. The summed E-state index contributed by atoms with van der Waals surface area (Å²) in [6.07, 6.45) is 6.94. The minimum Gasteiger partial charge on any atom is -0.355 e. The van der Waals surface area contributed by atoms with E-state index in [0.717, 1.165) is 62.7 Å². The predicted molar refractivity (Wildman–Crippen MR) is 114 cm³/mol. The van der Waals surface area contributed by atoms with Gasteiger partial charge in [-0.05, 0) is 19.3 Å². The van der Waals surface area contributed by atoms with Gasteiger partial charge < -0.3 is 15.2 Å². The van der Waals surface area contributed by atoms with Crippen molar-refractivity contribution in [1.82, 2.24) is 25.4 Å². The molecular formula is C16H31IN6OS. The highest BCUT2D eigenvalue weighted by molar-refractivity contribution is 14.0. The van der Waals surface area contributed by atoms with Gasteiger partial charge in [0.25, 0.3) is 0 Å². The molecule has 1 aromatic rings. The molecule has 0 aliphatic heterocycles. The number of nitrogens with zero attached hydrogens (tertiary/aromatic N) is 4. The molecule has 25 heavy (non-hydrogen) atoms. The zero-order chi connectivity index (χ0) is 17.4. The second-order valence-electron chi connectivity index (χ2n) is 6.09. The molecule has 1 aliphatic rings. The first-order valence-electron chi connectivity index (χ1n) is 8.88. The molecule has 0 bridgehead atoms. The molecular weight excluding hydrogens is 451 g/mol. The third-order valence-corrected chi connectivity index (χ3v) is 6.24. The number of guanidine groups is 1. The molecule has 1 aromatic heterocycles. The average Bonchev–Trinajstić information content (AvgIpc) is 3.07. The summed E-state index contributed by atoms with van der Waals surface area (Å²) >= 11 is 0. The largest absolute Gasteiger partial charge is 0.355 e. The maximum Gasteiger partial charge on any atom is 0.191 e. The van der Waals surface area contributed by atoms with E-state index < -0.39 is 10.8 Å². The first-order valence-corrected chi connectivity index (χ1v) is 10.3. The van der Waals surface area contributed by atoms with Crippen molar-refractivity contribution in [2.24, 2.45) is 4.99 Å². The molecule has 2 N–H and O–H groups in total. The van der Waals surface area contributed by atoms with Gasteiger partial charge in [0.05, 0.1) is 0 Å². The van der Waals surface area contributed by atoms with Gasteiger partial charge in [0.15, 0.2) is 5.96 Å². The van der Waals surface area contributed by atoms with Crippen molar-refractivity contribution in [3.8, 4) is 0 Å². The summed E-state index contributed by atoms with van der Waals surface area (Å²) in [5.41, 5.74) is 0. The van der Waals surface area contributed by atoms with Crippen molar-refractivity contribution < 1.29 is 4.21 Å². The van der Waals surface area contributed by atoms with Crippen LogP contribution in [0.5, 0.6) is 0 Å². The van der Waals surface area contributed by atoms with Crippen LogP contribution in [0.4, 0.5) is 0 Å². The second kappa shape index (κ2) is 11.8. The van der Waals surface area contributed by atoms with E-state index in [0.29, 0.717) is 11.3 Å². The normalized spacial score (nSPS) is 22.1. The SMILES string of the molecule is CCc1nncn1CCNC(=NC)NC1CCCC(S(=O)CC)C1.I. The second-order valence-corrected chi connectivity index (χ2v) is 8.10. The molecule has 3 atom stereocenters. The van der Waals surface area contributed by atoms with Crippen LogP contribution >= 0.6 is 24.0 Å². The number of hydrogen-bond donors (Lipinski definition) is 2. The summed E-state index contributed by atoms with van der Waals surface area (Å²) in [5.74, 6) is 2.56. The van der Waals surface area contributed by atoms with Crippen molar-refractivity contribution in [2.75, 3.05) is 19.3 Å². The van der Waals surface area contributed by atoms with Crippen LogP contribution in [0, 0.1) is 0 Å². The molecule has 1 heterocycles. The molecule has 0 radical (unpaired) electrons. The first-order chi connectivity index (χ1) is 11.7. The number of rotatable bonds is 7. The summed E-state index contributed by atoms with van der Waals surface area (Å²) < 4.78 is 14.1. The Morgan fingerprint density at radius 3 is 2.92 bits per heavy atom. The minimum atomic E-state index is -0.698. The highest BCUT2D eigenvalue weighted by Gasteiger charge is 2.25. The van der Waals surface area contributed by atoms with Crippen molar-refractivity contribution >= 4 is 40.7 Å². The van der Waals surface area contributed by atoms with Crippen LogP contribution < -0.4 is 10.6 Å². The molecule has 1 fully saturated rings. The summed E-state index contributed by atoms with van der Waals surface area (Å²) in [6.45, 7) is 5.66. The van der Waals surface area contributed by atoms with Gasteiger partial charge in [-0.3, -0.25) is 9.20 Å². The smallest absolute Gasteiger partial charge is 0.191 e. The fourth-order valence-electron chi connectivity index (χ4n) is 3.17. The quantitative estimate of drug-likeness (QED) is 0.351. The standard InChI is InChI=1S/C16H30N6OS.HI/c1-4-15-21-19-12-22(15)10-9-18-16(17-3)20-13-7-6-8-14(11-13)24(23)5-2;/h12-14H,4-11H2,1-3H3,(H2,17,18,20);1H.